The molecular weight excluding hydrogens is 320 g/mol. The SMILES string of the molecule is CC(C)Oc1ccc(NC(=O)c2cnc(C3CC3)s2)cc1Cl. The molecular formula is C16H17ClN2O2S. The van der Waals surface area contributed by atoms with Gasteiger partial charge in [-0.15, -0.1) is 11.3 Å². The lowest BCUT2D eigenvalue weighted by molar-refractivity contribution is 0.103. The summed E-state index contributed by atoms with van der Waals surface area (Å²) in [6.07, 6.45) is 4.06. The Bertz CT molecular complexity index is 695. The van der Waals surface area contributed by atoms with Gasteiger partial charge in [-0.3, -0.25) is 4.79 Å². The second-order valence-corrected chi connectivity index (χ2v) is 7.07. The molecule has 1 aliphatic carbocycles. The number of halogens is 1. The van der Waals surface area contributed by atoms with Crippen molar-refractivity contribution in [3.8, 4) is 5.75 Å². The van der Waals surface area contributed by atoms with Gasteiger partial charge in [0.2, 0.25) is 0 Å². The van der Waals surface area contributed by atoms with Crippen molar-refractivity contribution in [2.24, 2.45) is 0 Å². The highest BCUT2D eigenvalue weighted by atomic mass is 35.5. The monoisotopic (exact) mass is 336 g/mol. The van der Waals surface area contributed by atoms with Crippen molar-refractivity contribution in [2.45, 2.75) is 38.7 Å². The van der Waals surface area contributed by atoms with Gasteiger partial charge in [0.1, 0.15) is 10.6 Å². The number of hydrogen-bond acceptors (Lipinski definition) is 4. The van der Waals surface area contributed by atoms with Crippen LogP contribution in [0.3, 0.4) is 0 Å². The third-order valence-electron chi connectivity index (χ3n) is 3.23. The number of amides is 1. The Morgan fingerprint density at radius 2 is 2.23 bits per heavy atom. The van der Waals surface area contributed by atoms with Crippen LogP contribution in [0.5, 0.6) is 5.75 Å². The van der Waals surface area contributed by atoms with E-state index in [-0.39, 0.29) is 12.0 Å². The molecule has 2 aromatic rings. The van der Waals surface area contributed by atoms with Crippen molar-refractivity contribution in [2.75, 3.05) is 5.32 Å². The minimum absolute atomic E-state index is 0.0518. The Morgan fingerprint density at radius 3 is 2.86 bits per heavy atom. The summed E-state index contributed by atoms with van der Waals surface area (Å²) in [5.41, 5.74) is 0.646. The lowest BCUT2D eigenvalue weighted by Gasteiger charge is -2.12. The fraction of sp³-hybridized carbons (Fsp3) is 0.375. The molecule has 4 nitrogen and oxygen atoms in total. The molecule has 1 aromatic carbocycles. The second-order valence-electron chi connectivity index (χ2n) is 5.60. The molecule has 1 saturated carbocycles. The molecule has 0 unspecified atom stereocenters. The summed E-state index contributed by atoms with van der Waals surface area (Å²) >= 11 is 7.64. The first-order valence-corrected chi connectivity index (χ1v) is 8.45. The maximum Gasteiger partial charge on any atom is 0.267 e. The topological polar surface area (TPSA) is 51.2 Å². The molecule has 1 amide bonds. The van der Waals surface area contributed by atoms with Crippen molar-refractivity contribution in [3.05, 3.63) is 39.3 Å². The van der Waals surface area contributed by atoms with Crippen LogP contribution < -0.4 is 10.1 Å². The average molecular weight is 337 g/mol. The first-order chi connectivity index (χ1) is 10.5. The number of thiazole rings is 1. The van der Waals surface area contributed by atoms with Gasteiger partial charge < -0.3 is 10.1 Å². The van der Waals surface area contributed by atoms with E-state index in [2.05, 4.69) is 10.3 Å². The largest absolute Gasteiger partial charge is 0.489 e. The molecule has 0 bridgehead atoms. The fourth-order valence-corrected chi connectivity index (χ4v) is 3.24. The van der Waals surface area contributed by atoms with Crippen LogP contribution >= 0.6 is 22.9 Å². The smallest absolute Gasteiger partial charge is 0.267 e. The Labute approximate surface area is 138 Å². The van der Waals surface area contributed by atoms with Gasteiger partial charge in [-0.1, -0.05) is 11.6 Å². The van der Waals surface area contributed by atoms with E-state index in [1.165, 1.54) is 24.2 Å². The van der Waals surface area contributed by atoms with Crippen LogP contribution in [0, 0.1) is 0 Å². The molecule has 6 heteroatoms. The second kappa shape index (κ2) is 6.26. The maximum absolute atomic E-state index is 12.2. The van der Waals surface area contributed by atoms with E-state index in [0.717, 1.165) is 5.01 Å². The number of carbonyl (C=O) groups is 1. The first-order valence-electron chi connectivity index (χ1n) is 7.26. The number of nitrogens with zero attached hydrogens (tertiary/aromatic N) is 1. The standard InChI is InChI=1S/C16H17ClN2O2S/c1-9(2)21-13-6-5-11(7-12(13)17)19-15(20)14-8-18-16(22-14)10-3-4-10/h5-10H,3-4H2,1-2H3,(H,19,20). The van der Waals surface area contributed by atoms with Crippen LogP contribution in [0.1, 0.15) is 47.3 Å². The zero-order valence-corrected chi connectivity index (χ0v) is 14.0. The van der Waals surface area contributed by atoms with E-state index in [1.807, 2.05) is 13.8 Å². The maximum atomic E-state index is 12.2. The zero-order valence-electron chi connectivity index (χ0n) is 12.4. The van der Waals surface area contributed by atoms with Crippen molar-refractivity contribution in [1.29, 1.82) is 0 Å². The van der Waals surface area contributed by atoms with E-state index in [1.54, 1.807) is 24.4 Å². The fourth-order valence-electron chi connectivity index (χ4n) is 2.03. The lowest BCUT2D eigenvalue weighted by Crippen LogP contribution is -2.10. The number of carbonyl (C=O) groups excluding carboxylic acids is 1. The van der Waals surface area contributed by atoms with Crippen molar-refractivity contribution >= 4 is 34.5 Å². The third kappa shape index (κ3) is 3.59. The van der Waals surface area contributed by atoms with Crippen molar-refractivity contribution in [1.82, 2.24) is 4.98 Å². The molecule has 0 saturated heterocycles. The highest BCUT2D eigenvalue weighted by molar-refractivity contribution is 7.13. The summed E-state index contributed by atoms with van der Waals surface area (Å²) in [7, 11) is 0. The van der Waals surface area contributed by atoms with E-state index in [4.69, 9.17) is 16.3 Å². The van der Waals surface area contributed by atoms with Crippen LogP contribution in [0.4, 0.5) is 5.69 Å². The third-order valence-corrected chi connectivity index (χ3v) is 4.68. The van der Waals surface area contributed by atoms with Crippen LogP contribution in [0.2, 0.25) is 5.02 Å². The average Bonchev–Trinajstić information content (AvgIpc) is 3.19. The highest BCUT2D eigenvalue weighted by Gasteiger charge is 2.27. The molecule has 1 aliphatic rings. The van der Waals surface area contributed by atoms with E-state index >= 15 is 0 Å². The summed E-state index contributed by atoms with van der Waals surface area (Å²) in [5.74, 6) is 1.02. The number of ether oxygens (including phenoxy) is 1. The van der Waals surface area contributed by atoms with Crippen molar-refractivity contribution < 1.29 is 9.53 Å². The Kier molecular flexibility index (Phi) is 4.36. The summed E-state index contributed by atoms with van der Waals surface area (Å²) in [6, 6.07) is 5.24. The number of rotatable bonds is 5. The van der Waals surface area contributed by atoms with Gasteiger partial charge in [0.15, 0.2) is 0 Å². The van der Waals surface area contributed by atoms with E-state index in [0.29, 0.717) is 27.3 Å². The van der Waals surface area contributed by atoms with Crippen molar-refractivity contribution in [3.63, 3.8) is 0 Å². The van der Waals surface area contributed by atoms with E-state index < -0.39 is 0 Å². The van der Waals surface area contributed by atoms with Gasteiger partial charge in [-0.2, -0.15) is 0 Å². The summed E-state index contributed by atoms with van der Waals surface area (Å²) < 4.78 is 5.57. The number of benzene rings is 1. The highest BCUT2D eigenvalue weighted by Crippen LogP contribution is 2.41. The van der Waals surface area contributed by atoms with Crippen LogP contribution in [-0.2, 0) is 0 Å². The quantitative estimate of drug-likeness (QED) is 0.860. The molecule has 1 heterocycles. The van der Waals surface area contributed by atoms with Gasteiger partial charge in [0.05, 0.1) is 22.3 Å². The van der Waals surface area contributed by atoms with Gasteiger partial charge in [0.25, 0.3) is 5.91 Å². The Balaban J connectivity index is 1.68. The molecule has 116 valence electrons. The number of hydrogen-bond donors (Lipinski definition) is 1. The minimum atomic E-state index is -0.155. The summed E-state index contributed by atoms with van der Waals surface area (Å²) in [6.45, 7) is 3.88. The summed E-state index contributed by atoms with van der Waals surface area (Å²) in [5, 5.41) is 4.38. The molecule has 0 spiro atoms. The normalized spacial score (nSPS) is 14.2. The molecule has 3 rings (SSSR count). The molecule has 1 aromatic heterocycles. The van der Waals surface area contributed by atoms with Gasteiger partial charge in [-0.05, 0) is 44.9 Å². The van der Waals surface area contributed by atoms with Crippen LogP contribution in [0.15, 0.2) is 24.4 Å². The molecule has 0 aliphatic heterocycles. The molecule has 0 radical (unpaired) electrons. The Morgan fingerprint density at radius 1 is 1.45 bits per heavy atom. The molecule has 1 N–H and O–H groups in total. The summed E-state index contributed by atoms with van der Waals surface area (Å²) in [4.78, 5) is 17.2. The number of anilines is 1. The van der Waals surface area contributed by atoms with Crippen LogP contribution in [0.25, 0.3) is 0 Å². The Hall–Kier alpha value is -1.59. The molecule has 0 atom stereocenters. The number of nitrogens with one attached hydrogen (secondary N) is 1. The minimum Gasteiger partial charge on any atom is -0.489 e. The van der Waals surface area contributed by atoms with Gasteiger partial charge >= 0.3 is 0 Å². The van der Waals surface area contributed by atoms with Gasteiger partial charge in [0, 0.05) is 11.6 Å². The van der Waals surface area contributed by atoms with E-state index in [9.17, 15) is 4.79 Å². The van der Waals surface area contributed by atoms with Crippen LogP contribution in [-0.4, -0.2) is 17.0 Å². The zero-order chi connectivity index (χ0) is 15.7. The number of aromatic nitrogens is 1. The predicted molar refractivity (Wildman–Crippen MR) is 89.3 cm³/mol. The first kappa shape index (κ1) is 15.3. The molecule has 1 fully saturated rings. The van der Waals surface area contributed by atoms with Gasteiger partial charge in [-0.25, -0.2) is 4.98 Å². The lowest BCUT2D eigenvalue weighted by atomic mass is 10.3. The molecule has 22 heavy (non-hydrogen) atoms. The predicted octanol–water partition coefficient (Wildman–Crippen LogP) is 4.71.